The fourth-order valence-electron chi connectivity index (χ4n) is 2.59. The van der Waals surface area contributed by atoms with Gasteiger partial charge < -0.3 is 0 Å². The number of carbonyl (C=O) groups is 1. The molecule has 3 rings (SSSR count). The number of nitrogens with zero attached hydrogens (tertiary/aromatic N) is 1. The van der Waals surface area contributed by atoms with Gasteiger partial charge in [-0.05, 0) is 36.8 Å². The van der Waals surface area contributed by atoms with E-state index in [9.17, 15) is 9.59 Å². The van der Waals surface area contributed by atoms with Gasteiger partial charge in [0.05, 0.1) is 5.69 Å². The van der Waals surface area contributed by atoms with Crippen molar-refractivity contribution >= 4 is 5.91 Å². The Balaban J connectivity index is 1.90. The minimum atomic E-state index is -0.564. The normalized spacial score (nSPS) is 10.6. The highest BCUT2D eigenvalue weighted by Crippen LogP contribution is 2.13. The molecule has 6 heteroatoms. The Kier molecular flexibility index (Phi) is 4.31. The number of H-pyrrole nitrogens is 1. The van der Waals surface area contributed by atoms with E-state index in [0.29, 0.717) is 17.5 Å². The molecule has 0 saturated carbocycles. The summed E-state index contributed by atoms with van der Waals surface area (Å²) >= 11 is 0. The zero-order chi connectivity index (χ0) is 17.1. The third-order valence-corrected chi connectivity index (χ3v) is 3.91. The molecule has 0 fully saturated rings. The molecule has 0 unspecified atom stereocenters. The number of para-hydroxylation sites is 1. The van der Waals surface area contributed by atoms with Crippen LogP contribution in [0.5, 0.6) is 0 Å². The van der Waals surface area contributed by atoms with Gasteiger partial charge in [0.25, 0.3) is 11.5 Å². The smallest absolute Gasteiger partial charge is 0.274 e. The molecule has 24 heavy (non-hydrogen) atoms. The summed E-state index contributed by atoms with van der Waals surface area (Å²) in [5, 5.41) is 11.7. The largest absolute Gasteiger partial charge is 0.295 e. The Labute approximate surface area is 138 Å². The lowest BCUT2D eigenvalue weighted by Crippen LogP contribution is -2.18. The first-order chi connectivity index (χ1) is 11.6. The van der Waals surface area contributed by atoms with E-state index in [1.165, 1.54) is 4.68 Å². The van der Waals surface area contributed by atoms with Crippen LogP contribution in [0.15, 0.2) is 59.4 Å². The van der Waals surface area contributed by atoms with E-state index < -0.39 is 5.91 Å². The van der Waals surface area contributed by atoms with E-state index in [0.717, 1.165) is 16.9 Å². The maximum Gasteiger partial charge on any atom is 0.274 e. The number of aromatic nitrogens is 2. The fraction of sp³-hybridized carbons (Fsp3) is 0.111. The van der Waals surface area contributed by atoms with E-state index in [4.69, 9.17) is 5.21 Å². The van der Waals surface area contributed by atoms with Crippen molar-refractivity contribution in [3.8, 4) is 5.69 Å². The van der Waals surface area contributed by atoms with E-state index in [1.807, 2.05) is 37.3 Å². The molecule has 0 aliphatic carbocycles. The highest BCUT2D eigenvalue weighted by molar-refractivity contribution is 5.93. The quantitative estimate of drug-likeness (QED) is 0.508. The maximum atomic E-state index is 12.7. The number of benzene rings is 2. The summed E-state index contributed by atoms with van der Waals surface area (Å²) in [5.74, 6) is -0.564. The summed E-state index contributed by atoms with van der Waals surface area (Å²) in [5.41, 5.74) is 5.04. The zero-order valence-electron chi connectivity index (χ0n) is 13.1. The standard InChI is InChI=1S/C18H17N3O3/c1-12-16(11-13-7-9-14(10-8-13)17(22)20-24)18(23)21(19-12)15-5-3-2-4-6-15/h2-10,19,24H,11H2,1H3,(H,20,22). The minimum absolute atomic E-state index is 0.0872. The van der Waals surface area contributed by atoms with Crippen molar-refractivity contribution in [2.45, 2.75) is 13.3 Å². The second-order valence-electron chi connectivity index (χ2n) is 5.51. The molecule has 3 aromatic rings. The number of rotatable bonds is 4. The first-order valence-electron chi connectivity index (χ1n) is 7.49. The highest BCUT2D eigenvalue weighted by atomic mass is 16.5. The number of hydroxylamine groups is 1. The van der Waals surface area contributed by atoms with Gasteiger partial charge in [-0.15, -0.1) is 0 Å². The van der Waals surface area contributed by atoms with Gasteiger partial charge in [0.2, 0.25) is 0 Å². The van der Waals surface area contributed by atoms with Crippen LogP contribution in [-0.2, 0) is 6.42 Å². The first kappa shape index (κ1) is 15.8. The Morgan fingerprint density at radius 3 is 2.42 bits per heavy atom. The summed E-state index contributed by atoms with van der Waals surface area (Å²) < 4.78 is 1.53. The second-order valence-corrected chi connectivity index (χ2v) is 5.51. The Hall–Kier alpha value is -3.12. The lowest BCUT2D eigenvalue weighted by Gasteiger charge is -2.02. The van der Waals surface area contributed by atoms with Crippen LogP contribution in [0.2, 0.25) is 0 Å². The molecule has 0 aliphatic heterocycles. The Bertz CT molecular complexity index is 909. The number of carbonyl (C=O) groups excluding carboxylic acids is 1. The number of hydrogen-bond donors (Lipinski definition) is 3. The third-order valence-electron chi connectivity index (χ3n) is 3.91. The minimum Gasteiger partial charge on any atom is -0.295 e. The lowest BCUT2D eigenvalue weighted by molar-refractivity contribution is 0.0706. The maximum absolute atomic E-state index is 12.7. The molecule has 3 N–H and O–H groups in total. The van der Waals surface area contributed by atoms with Gasteiger partial charge in [0.1, 0.15) is 0 Å². The van der Waals surface area contributed by atoms with Crippen molar-refractivity contribution in [2.75, 3.05) is 0 Å². The van der Waals surface area contributed by atoms with Crippen molar-refractivity contribution in [2.24, 2.45) is 0 Å². The van der Waals surface area contributed by atoms with Crippen LogP contribution < -0.4 is 11.0 Å². The van der Waals surface area contributed by atoms with Gasteiger partial charge in [0.15, 0.2) is 0 Å². The zero-order valence-corrected chi connectivity index (χ0v) is 13.1. The molecule has 1 amide bonds. The third kappa shape index (κ3) is 3.00. The predicted molar refractivity (Wildman–Crippen MR) is 89.6 cm³/mol. The monoisotopic (exact) mass is 323 g/mol. The van der Waals surface area contributed by atoms with Crippen LogP contribution in [0.1, 0.15) is 27.2 Å². The molecular weight excluding hydrogens is 306 g/mol. The lowest BCUT2D eigenvalue weighted by atomic mass is 10.0. The van der Waals surface area contributed by atoms with Gasteiger partial charge in [-0.3, -0.25) is 19.9 Å². The van der Waals surface area contributed by atoms with Gasteiger partial charge >= 0.3 is 0 Å². The van der Waals surface area contributed by atoms with Crippen LogP contribution >= 0.6 is 0 Å². The SMILES string of the molecule is Cc1[nH]n(-c2ccccc2)c(=O)c1Cc1ccc(C(=O)NO)cc1. The van der Waals surface area contributed by atoms with Crippen LogP contribution in [0.3, 0.4) is 0 Å². The van der Waals surface area contributed by atoms with E-state index in [2.05, 4.69) is 5.10 Å². The molecule has 0 atom stereocenters. The second kappa shape index (κ2) is 6.55. The van der Waals surface area contributed by atoms with Gasteiger partial charge in [-0.1, -0.05) is 30.3 Å². The topological polar surface area (TPSA) is 87.1 Å². The summed E-state index contributed by atoms with van der Waals surface area (Å²) in [6.45, 7) is 1.86. The molecule has 1 aromatic heterocycles. The summed E-state index contributed by atoms with van der Waals surface area (Å²) in [7, 11) is 0. The van der Waals surface area contributed by atoms with Crippen molar-refractivity contribution in [3.63, 3.8) is 0 Å². The molecule has 0 bridgehead atoms. The fourth-order valence-corrected chi connectivity index (χ4v) is 2.59. The molecular formula is C18H17N3O3. The van der Waals surface area contributed by atoms with Crippen LogP contribution in [-0.4, -0.2) is 20.9 Å². The van der Waals surface area contributed by atoms with Gasteiger partial charge in [0, 0.05) is 23.2 Å². The molecule has 1 heterocycles. The van der Waals surface area contributed by atoms with Crippen molar-refractivity contribution < 1.29 is 10.0 Å². The summed E-state index contributed by atoms with van der Waals surface area (Å²) in [6.07, 6.45) is 0.460. The van der Waals surface area contributed by atoms with E-state index in [-0.39, 0.29) is 5.56 Å². The summed E-state index contributed by atoms with van der Waals surface area (Å²) in [6, 6.07) is 16.1. The number of hydrogen-bond acceptors (Lipinski definition) is 3. The van der Waals surface area contributed by atoms with Crippen LogP contribution in [0.4, 0.5) is 0 Å². The highest BCUT2D eigenvalue weighted by Gasteiger charge is 2.13. The molecule has 122 valence electrons. The average molecular weight is 323 g/mol. The van der Waals surface area contributed by atoms with Crippen LogP contribution in [0.25, 0.3) is 5.69 Å². The molecule has 2 aromatic carbocycles. The Morgan fingerprint density at radius 1 is 1.12 bits per heavy atom. The average Bonchev–Trinajstić information content (AvgIpc) is 2.90. The molecule has 6 nitrogen and oxygen atoms in total. The van der Waals surface area contributed by atoms with Gasteiger partial charge in [-0.25, -0.2) is 10.2 Å². The van der Waals surface area contributed by atoms with E-state index >= 15 is 0 Å². The predicted octanol–water partition coefficient (Wildman–Crippen LogP) is 2.18. The number of nitrogens with one attached hydrogen (secondary N) is 2. The van der Waals surface area contributed by atoms with Crippen molar-refractivity contribution in [1.29, 1.82) is 0 Å². The number of amides is 1. The summed E-state index contributed by atoms with van der Waals surface area (Å²) in [4.78, 5) is 24.0. The number of aryl methyl sites for hydroxylation is 1. The molecule has 0 aliphatic rings. The Morgan fingerprint density at radius 2 is 1.79 bits per heavy atom. The molecule has 0 saturated heterocycles. The van der Waals surface area contributed by atoms with Gasteiger partial charge in [-0.2, -0.15) is 0 Å². The molecule has 0 spiro atoms. The van der Waals surface area contributed by atoms with Crippen LogP contribution in [0, 0.1) is 6.92 Å². The van der Waals surface area contributed by atoms with Crippen molar-refractivity contribution in [1.82, 2.24) is 15.3 Å². The molecule has 0 radical (unpaired) electrons. The van der Waals surface area contributed by atoms with E-state index in [1.54, 1.807) is 29.7 Å². The van der Waals surface area contributed by atoms with Crippen molar-refractivity contribution in [3.05, 3.63) is 87.3 Å². The first-order valence-corrected chi connectivity index (χ1v) is 7.49. The number of aromatic amines is 1.